The van der Waals surface area contributed by atoms with E-state index in [1.165, 1.54) is 17.3 Å². The summed E-state index contributed by atoms with van der Waals surface area (Å²) in [5, 5.41) is 4.92. The van der Waals surface area contributed by atoms with Crippen molar-refractivity contribution >= 4 is 39.0 Å². The molecule has 3 heterocycles. The van der Waals surface area contributed by atoms with Crippen LogP contribution in [0.5, 0.6) is 5.75 Å². The van der Waals surface area contributed by atoms with E-state index in [-0.39, 0.29) is 28.8 Å². The average Bonchev–Trinajstić information content (AvgIpc) is 3.52. The van der Waals surface area contributed by atoms with Gasteiger partial charge in [-0.2, -0.15) is 5.10 Å². The molecule has 2 bridgehead atoms. The van der Waals surface area contributed by atoms with E-state index >= 15 is 0 Å². The van der Waals surface area contributed by atoms with Crippen molar-refractivity contribution in [1.29, 1.82) is 0 Å². The third-order valence-corrected chi connectivity index (χ3v) is 13.2. The van der Waals surface area contributed by atoms with E-state index in [1.54, 1.807) is 24.1 Å². The van der Waals surface area contributed by atoms with Crippen molar-refractivity contribution in [2.24, 2.45) is 22.1 Å². The molecule has 2 aromatic carbocycles. The Morgan fingerprint density at radius 1 is 1.22 bits per heavy atom. The van der Waals surface area contributed by atoms with Crippen molar-refractivity contribution in [3.63, 3.8) is 0 Å². The Morgan fingerprint density at radius 3 is 2.84 bits per heavy atom. The molecule has 7 rings (SSSR count). The Balaban J connectivity index is 1.30. The van der Waals surface area contributed by atoms with Gasteiger partial charge in [0, 0.05) is 48.9 Å². The van der Waals surface area contributed by atoms with Crippen molar-refractivity contribution in [1.82, 2.24) is 14.5 Å². The predicted octanol–water partition coefficient (Wildman–Crippen LogP) is 6.62. The lowest BCUT2D eigenvalue weighted by molar-refractivity contribution is 0.0131. The molecule has 0 saturated heterocycles. The van der Waals surface area contributed by atoms with Crippen molar-refractivity contribution < 1.29 is 23.3 Å². The lowest BCUT2D eigenvalue weighted by atomic mass is 9.68. The number of nitrogens with zero attached hydrogens (tertiary/aromatic N) is 4. The zero-order valence-electron chi connectivity index (χ0n) is 29.0. The number of halogens is 1. The van der Waals surface area contributed by atoms with Gasteiger partial charge in [-0.05, 0) is 105 Å². The summed E-state index contributed by atoms with van der Waals surface area (Å²) in [6.45, 7) is 6.45. The van der Waals surface area contributed by atoms with E-state index < -0.39 is 21.7 Å². The Hall–Kier alpha value is -3.67. The quantitative estimate of drug-likeness (QED) is 0.302. The number of aromatic nitrogens is 2. The van der Waals surface area contributed by atoms with E-state index in [9.17, 15) is 13.8 Å². The van der Waals surface area contributed by atoms with E-state index in [1.807, 2.05) is 32.0 Å². The highest BCUT2D eigenvalue weighted by Gasteiger charge is 2.44. The van der Waals surface area contributed by atoms with E-state index in [4.69, 9.17) is 21.1 Å². The molecule has 50 heavy (non-hydrogen) atoms. The fourth-order valence-corrected chi connectivity index (χ4v) is 10.3. The first-order valence-electron chi connectivity index (χ1n) is 17.7. The van der Waals surface area contributed by atoms with Crippen molar-refractivity contribution in [2.75, 3.05) is 37.5 Å². The van der Waals surface area contributed by atoms with E-state index in [0.717, 1.165) is 55.9 Å². The minimum absolute atomic E-state index is 0.00651. The fraction of sp³-hybridized carbons (Fsp3) is 0.500. The summed E-state index contributed by atoms with van der Waals surface area (Å²) in [5.74, 6) is 0.0720. The Morgan fingerprint density at radius 2 is 2.08 bits per heavy atom. The third-order valence-electron chi connectivity index (χ3n) is 11.0. The molecule has 10 nitrogen and oxygen atoms in total. The summed E-state index contributed by atoms with van der Waals surface area (Å²) in [6, 6.07) is 11.6. The number of fused-ring (bicyclic) bond motifs is 4. The maximum atomic E-state index is 14.5. The second-order valence-corrected chi connectivity index (χ2v) is 16.9. The summed E-state index contributed by atoms with van der Waals surface area (Å²) >= 11 is 6.45. The normalized spacial score (nSPS) is 30.2. The van der Waals surface area contributed by atoms with Crippen LogP contribution in [0.4, 0.5) is 5.69 Å². The predicted molar refractivity (Wildman–Crippen MR) is 195 cm³/mol. The van der Waals surface area contributed by atoms with Gasteiger partial charge in [-0.15, -0.1) is 4.36 Å². The number of anilines is 1. The standard InChI is InChI=1S/C38H46ClN5O5S/c1-4-44-21-29(19-40-44)37(46)42-50(47)22-25(2)7-5-9-34(48-3)31-13-10-28(31)20-43-23-38(16-6-8-26-17-30(39)12-14-32(26)38)24-49-35-15-11-27(18-33(35)43)36(45)41-50/h5,9,11-12,14-15,17-19,21,25,28,31,34H,4,6-8,10,13,16,20,22-24H2,1-3H3,(H,41,42,45,46,47)/b9-5+/t25-,28-,31+,34-,38-,50-/m0/s1. The largest absolute Gasteiger partial charge is 0.490 e. The van der Waals surface area contributed by atoms with Crippen molar-refractivity contribution in [2.45, 2.75) is 70.4 Å². The molecule has 0 radical (unpaired) electrons. The molecule has 4 aliphatic rings. The molecule has 1 aromatic heterocycles. The van der Waals surface area contributed by atoms with Gasteiger partial charge >= 0.3 is 0 Å². The first kappa shape index (κ1) is 34.8. The SMILES string of the molecule is CCn1cc(C(=O)N[S@@]2(=O)=NC(=O)c3ccc4c(c3)N(C[C@@H]3CC[C@H]3[C@@H](OC)/C=C/C[C@H](C)C2)C[C@@]2(CCCc3cc(Cl)ccc32)CO4)cn1. The number of amides is 2. The molecular weight excluding hydrogens is 674 g/mol. The first-order valence-corrected chi connectivity index (χ1v) is 19.8. The Labute approximate surface area is 299 Å². The Bertz CT molecular complexity index is 1940. The monoisotopic (exact) mass is 719 g/mol. The van der Waals surface area contributed by atoms with Crippen LogP contribution in [0.15, 0.2) is 65.3 Å². The number of allylic oxidation sites excluding steroid dienone is 1. The van der Waals surface area contributed by atoms with Crippen molar-refractivity contribution in [3.05, 3.63) is 88.2 Å². The molecule has 1 spiro atoms. The number of carbonyl (C=O) groups is 2. The number of nitrogens with one attached hydrogen (secondary N) is 1. The minimum Gasteiger partial charge on any atom is -0.490 e. The second-order valence-electron chi connectivity index (χ2n) is 14.5. The lowest BCUT2D eigenvalue weighted by Crippen LogP contribution is -2.49. The molecule has 1 fully saturated rings. The van der Waals surface area contributed by atoms with Crippen molar-refractivity contribution in [3.8, 4) is 5.75 Å². The molecule has 3 aromatic rings. The summed E-state index contributed by atoms with van der Waals surface area (Å²) in [5.41, 5.74) is 3.66. The number of hydrogen-bond acceptors (Lipinski definition) is 7. The average molecular weight is 720 g/mol. The topological polar surface area (TPSA) is 115 Å². The minimum atomic E-state index is -3.52. The number of rotatable bonds is 4. The van der Waals surface area contributed by atoms with Gasteiger partial charge in [-0.1, -0.05) is 36.7 Å². The van der Waals surface area contributed by atoms with Gasteiger partial charge in [0.15, 0.2) is 0 Å². The molecule has 6 atom stereocenters. The van der Waals surface area contributed by atoms with Gasteiger partial charge in [0.2, 0.25) is 0 Å². The van der Waals surface area contributed by atoms with Crippen LogP contribution in [0, 0.1) is 17.8 Å². The van der Waals surface area contributed by atoms with Crippen LogP contribution in [-0.4, -0.2) is 64.5 Å². The van der Waals surface area contributed by atoms with Gasteiger partial charge in [-0.3, -0.25) is 19.0 Å². The lowest BCUT2D eigenvalue weighted by Gasteiger charge is -2.46. The summed E-state index contributed by atoms with van der Waals surface area (Å²) in [6.07, 6.45) is 12.9. The molecule has 1 saturated carbocycles. The fourth-order valence-electron chi connectivity index (χ4n) is 8.22. The first-order chi connectivity index (χ1) is 24.1. The smallest absolute Gasteiger partial charge is 0.286 e. The highest BCUT2D eigenvalue weighted by molar-refractivity contribution is 7.92. The molecule has 2 amide bonds. The van der Waals surface area contributed by atoms with Gasteiger partial charge in [0.25, 0.3) is 11.8 Å². The van der Waals surface area contributed by atoms with Gasteiger partial charge in [0.05, 0.1) is 35.9 Å². The Kier molecular flexibility index (Phi) is 9.84. The molecule has 2 aliphatic heterocycles. The van der Waals surface area contributed by atoms with Crippen LogP contribution in [0.3, 0.4) is 0 Å². The number of methoxy groups -OCH3 is 1. The van der Waals surface area contributed by atoms with Gasteiger partial charge in [0.1, 0.15) is 15.7 Å². The molecule has 1 N–H and O–H groups in total. The highest BCUT2D eigenvalue weighted by atomic mass is 35.5. The van der Waals surface area contributed by atoms with Crippen LogP contribution in [0.25, 0.3) is 0 Å². The summed E-state index contributed by atoms with van der Waals surface area (Å²) < 4.78 is 35.7. The maximum Gasteiger partial charge on any atom is 0.286 e. The number of carbonyl (C=O) groups excluding carboxylic acids is 2. The van der Waals surface area contributed by atoms with Crippen LogP contribution in [0.1, 0.15) is 77.8 Å². The number of benzene rings is 2. The van der Waals surface area contributed by atoms with Crippen LogP contribution in [0.2, 0.25) is 5.02 Å². The van der Waals surface area contributed by atoms with Crippen LogP contribution in [-0.2, 0) is 33.0 Å². The molecule has 2 aliphatic carbocycles. The third kappa shape index (κ3) is 6.96. The van der Waals surface area contributed by atoms with E-state index in [0.29, 0.717) is 42.7 Å². The molecule has 12 heteroatoms. The number of ether oxygens (including phenoxy) is 2. The van der Waals surface area contributed by atoms with Crippen LogP contribution >= 0.6 is 11.6 Å². The maximum absolute atomic E-state index is 14.5. The number of aryl methyl sites for hydroxylation is 2. The van der Waals surface area contributed by atoms with Gasteiger partial charge in [-0.25, -0.2) is 4.21 Å². The summed E-state index contributed by atoms with van der Waals surface area (Å²) in [4.78, 5) is 29.7. The number of hydrogen-bond donors (Lipinski definition) is 1. The zero-order valence-corrected chi connectivity index (χ0v) is 30.5. The zero-order chi connectivity index (χ0) is 35.0. The van der Waals surface area contributed by atoms with Gasteiger partial charge < -0.3 is 14.4 Å². The summed E-state index contributed by atoms with van der Waals surface area (Å²) in [7, 11) is -1.76. The highest BCUT2D eigenvalue weighted by Crippen LogP contribution is 2.47. The van der Waals surface area contributed by atoms with E-state index in [2.05, 4.69) is 43.4 Å². The molecule has 266 valence electrons. The second kappa shape index (κ2) is 14.2. The van der Waals surface area contributed by atoms with Crippen LogP contribution < -0.4 is 14.4 Å². The molecular formula is C38H46ClN5O5S. The molecule has 0 unspecified atom stereocenters.